The molecule has 0 atom stereocenters. The number of nitro groups is 1. The Morgan fingerprint density at radius 2 is 1.86 bits per heavy atom. The van der Waals surface area contributed by atoms with E-state index < -0.39 is 4.92 Å². The van der Waals surface area contributed by atoms with Crippen molar-refractivity contribution >= 4 is 23.3 Å². The highest BCUT2D eigenvalue weighted by Gasteiger charge is 2.08. The maximum Gasteiger partial charge on any atom is 0.273 e. The van der Waals surface area contributed by atoms with Gasteiger partial charge in [0.2, 0.25) is 0 Å². The number of anilines is 1. The SMILES string of the molecule is CN(C)c1ccc(N=Cc2ccc([N+](=O)[O-])cc2O)cc1. The zero-order valence-corrected chi connectivity index (χ0v) is 11.7. The molecule has 108 valence electrons. The van der Waals surface area contributed by atoms with Crippen molar-refractivity contribution in [3.63, 3.8) is 0 Å². The lowest BCUT2D eigenvalue weighted by Gasteiger charge is -2.11. The first-order chi connectivity index (χ1) is 9.97. The van der Waals surface area contributed by atoms with E-state index in [0.29, 0.717) is 5.56 Å². The molecular formula is C15H15N3O3. The van der Waals surface area contributed by atoms with Crippen LogP contribution in [0.25, 0.3) is 0 Å². The smallest absolute Gasteiger partial charge is 0.273 e. The number of aliphatic imine (C=N–C) groups is 1. The number of non-ortho nitro benzene ring substituents is 1. The average molecular weight is 285 g/mol. The predicted octanol–water partition coefficient (Wildman–Crippen LogP) is 3.12. The molecule has 1 N–H and O–H groups in total. The maximum atomic E-state index is 10.6. The third-order valence-corrected chi connectivity index (χ3v) is 2.94. The van der Waals surface area contributed by atoms with Crippen LogP contribution >= 0.6 is 0 Å². The Morgan fingerprint density at radius 1 is 1.19 bits per heavy atom. The normalized spacial score (nSPS) is 10.8. The summed E-state index contributed by atoms with van der Waals surface area (Å²) in [5, 5.41) is 20.3. The Hall–Kier alpha value is -2.89. The van der Waals surface area contributed by atoms with Crippen LogP contribution in [0.4, 0.5) is 17.1 Å². The van der Waals surface area contributed by atoms with Gasteiger partial charge in [-0.2, -0.15) is 0 Å². The molecule has 0 spiro atoms. The van der Waals surface area contributed by atoms with Gasteiger partial charge in [-0.05, 0) is 30.3 Å². The Morgan fingerprint density at radius 3 is 2.38 bits per heavy atom. The Labute approximate surface area is 122 Å². The average Bonchev–Trinajstić information content (AvgIpc) is 2.46. The highest BCUT2D eigenvalue weighted by atomic mass is 16.6. The first kappa shape index (κ1) is 14.5. The van der Waals surface area contributed by atoms with Crippen LogP contribution in [0.15, 0.2) is 47.5 Å². The largest absolute Gasteiger partial charge is 0.507 e. The maximum absolute atomic E-state index is 10.6. The molecule has 0 radical (unpaired) electrons. The lowest BCUT2D eigenvalue weighted by molar-refractivity contribution is -0.384. The van der Waals surface area contributed by atoms with Crippen molar-refractivity contribution in [1.82, 2.24) is 0 Å². The molecule has 2 aromatic rings. The number of nitro benzene ring substituents is 1. The van der Waals surface area contributed by atoms with Gasteiger partial charge in [0.15, 0.2) is 0 Å². The Bertz CT molecular complexity index is 679. The molecule has 0 aliphatic heterocycles. The monoisotopic (exact) mass is 285 g/mol. The summed E-state index contributed by atoms with van der Waals surface area (Å²) >= 11 is 0. The number of rotatable bonds is 4. The molecule has 0 bridgehead atoms. The topological polar surface area (TPSA) is 79.0 Å². The van der Waals surface area contributed by atoms with Gasteiger partial charge in [0, 0.05) is 37.6 Å². The molecule has 21 heavy (non-hydrogen) atoms. The van der Waals surface area contributed by atoms with Gasteiger partial charge in [-0.15, -0.1) is 0 Å². The standard InChI is InChI=1S/C15H15N3O3/c1-17(2)13-7-4-12(5-8-13)16-10-11-3-6-14(18(20)21)9-15(11)19/h3-10,19H,1-2H3. The molecule has 0 aliphatic rings. The number of phenolic OH excluding ortho intramolecular Hbond substituents is 1. The third kappa shape index (κ3) is 3.56. The fourth-order valence-corrected chi connectivity index (χ4v) is 1.74. The molecule has 2 rings (SSSR count). The van der Waals surface area contributed by atoms with Crippen molar-refractivity contribution in [2.75, 3.05) is 19.0 Å². The van der Waals surface area contributed by atoms with E-state index in [1.165, 1.54) is 18.3 Å². The van der Waals surface area contributed by atoms with Crippen LogP contribution in [0.1, 0.15) is 5.56 Å². The molecule has 0 saturated carbocycles. The van der Waals surface area contributed by atoms with E-state index in [0.717, 1.165) is 17.4 Å². The van der Waals surface area contributed by atoms with Gasteiger partial charge in [0.1, 0.15) is 5.75 Å². The summed E-state index contributed by atoms with van der Waals surface area (Å²) in [6.45, 7) is 0. The molecule has 6 nitrogen and oxygen atoms in total. The van der Waals surface area contributed by atoms with Crippen molar-refractivity contribution in [3.05, 3.63) is 58.1 Å². The first-order valence-electron chi connectivity index (χ1n) is 6.26. The predicted molar refractivity (Wildman–Crippen MR) is 82.8 cm³/mol. The van der Waals surface area contributed by atoms with Crippen LogP contribution in [0.2, 0.25) is 0 Å². The number of hydrogen-bond acceptors (Lipinski definition) is 5. The summed E-state index contributed by atoms with van der Waals surface area (Å²) in [6.07, 6.45) is 1.48. The minimum atomic E-state index is -0.555. The van der Waals surface area contributed by atoms with Crippen LogP contribution in [-0.2, 0) is 0 Å². The van der Waals surface area contributed by atoms with E-state index in [1.54, 1.807) is 0 Å². The number of hydrogen-bond donors (Lipinski definition) is 1. The summed E-state index contributed by atoms with van der Waals surface area (Å²) in [5.41, 5.74) is 2.07. The van der Waals surface area contributed by atoms with E-state index in [4.69, 9.17) is 0 Å². The van der Waals surface area contributed by atoms with Gasteiger partial charge in [-0.3, -0.25) is 15.1 Å². The lowest BCUT2D eigenvalue weighted by Crippen LogP contribution is -2.07. The summed E-state index contributed by atoms with van der Waals surface area (Å²) in [4.78, 5) is 16.3. The minimum absolute atomic E-state index is 0.153. The van der Waals surface area contributed by atoms with Gasteiger partial charge in [0.05, 0.1) is 16.7 Å². The molecule has 0 fully saturated rings. The Balaban J connectivity index is 2.19. The van der Waals surface area contributed by atoms with Gasteiger partial charge in [-0.25, -0.2) is 0 Å². The second-order valence-corrected chi connectivity index (χ2v) is 4.67. The van der Waals surface area contributed by atoms with Crippen LogP contribution in [0, 0.1) is 10.1 Å². The zero-order valence-electron chi connectivity index (χ0n) is 11.7. The van der Waals surface area contributed by atoms with Crippen LogP contribution < -0.4 is 4.90 Å². The molecular weight excluding hydrogens is 270 g/mol. The quantitative estimate of drug-likeness (QED) is 0.532. The minimum Gasteiger partial charge on any atom is -0.507 e. The fraction of sp³-hybridized carbons (Fsp3) is 0.133. The van der Waals surface area contributed by atoms with Crippen LogP contribution in [-0.4, -0.2) is 30.3 Å². The van der Waals surface area contributed by atoms with Crippen LogP contribution in [0.3, 0.4) is 0 Å². The molecule has 2 aromatic carbocycles. The number of benzene rings is 2. The summed E-state index contributed by atoms with van der Waals surface area (Å²) < 4.78 is 0. The molecule has 0 aromatic heterocycles. The first-order valence-corrected chi connectivity index (χ1v) is 6.26. The lowest BCUT2D eigenvalue weighted by atomic mass is 10.2. The number of phenols is 1. The molecule has 0 amide bonds. The summed E-state index contributed by atoms with van der Waals surface area (Å²) in [5.74, 6) is -0.169. The van der Waals surface area contributed by atoms with Crippen molar-refractivity contribution in [2.24, 2.45) is 4.99 Å². The van der Waals surface area contributed by atoms with Gasteiger partial charge < -0.3 is 10.0 Å². The van der Waals surface area contributed by atoms with Crippen molar-refractivity contribution in [1.29, 1.82) is 0 Å². The summed E-state index contributed by atoms with van der Waals surface area (Å²) in [6, 6.07) is 11.5. The molecule has 0 heterocycles. The summed E-state index contributed by atoms with van der Waals surface area (Å²) in [7, 11) is 3.90. The zero-order chi connectivity index (χ0) is 15.4. The van der Waals surface area contributed by atoms with E-state index in [-0.39, 0.29) is 11.4 Å². The van der Waals surface area contributed by atoms with Crippen molar-refractivity contribution in [3.8, 4) is 5.75 Å². The van der Waals surface area contributed by atoms with Gasteiger partial charge >= 0.3 is 0 Å². The molecule has 0 unspecified atom stereocenters. The van der Waals surface area contributed by atoms with E-state index in [2.05, 4.69) is 4.99 Å². The van der Waals surface area contributed by atoms with Crippen LogP contribution in [0.5, 0.6) is 5.75 Å². The van der Waals surface area contributed by atoms with E-state index in [9.17, 15) is 15.2 Å². The third-order valence-electron chi connectivity index (χ3n) is 2.94. The van der Waals surface area contributed by atoms with Crippen molar-refractivity contribution < 1.29 is 10.0 Å². The van der Waals surface area contributed by atoms with E-state index >= 15 is 0 Å². The molecule has 6 heteroatoms. The molecule has 0 aliphatic carbocycles. The van der Waals surface area contributed by atoms with Crippen molar-refractivity contribution in [2.45, 2.75) is 0 Å². The second kappa shape index (κ2) is 6.04. The highest BCUT2D eigenvalue weighted by Crippen LogP contribution is 2.23. The molecule has 0 saturated heterocycles. The fourth-order valence-electron chi connectivity index (χ4n) is 1.74. The second-order valence-electron chi connectivity index (χ2n) is 4.67. The number of aromatic hydroxyl groups is 1. The number of nitrogens with zero attached hydrogens (tertiary/aromatic N) is 3. The Kier molecular flexibility index (Phi) is 4.18. The van der Waals surface area contributed by atoms with Gasteiger partial charge in [0.25, 0.3) is 5.69 Å². The van der Waals surface area contributed by atoms with E-state index in [1.807, 2.05) is 43.3 Å². The highest BCUT2D eigenvalue weighted by molar-refractivity contribution is 5.85. The van der Waals surface area contributed by atoms with Gasteiger partial charge in [-0.1, -0.05) is 0 Å².